The monoisotopic (exact) mass is 228 g/mol. The number of amides is 1. The highest BCUT2D eigenvalue weighted by atomic mass is 16.2. The Hall–Kier alpha value is -0.610. The molecular weight excluding hydrogens is 204 g/mol. The van der Waals surface area contributed by atoms with E-state index in [0.717, 1.165) is 25.7 Å². The highest BCUT2D eigenvalue weighted by molar-refractivity contribution is 5.78. The lowest BCUT2D eigenvalue weighted by molar-refractivity contribution is -0.121. The molecule has 94 valence electrons. The number of nitrogens with one attached hydrogen (secondary N) is 2. The van der Waals surface area contributed by atoms with Gasteiger partial charge in [0.15, 0.2) is 0 Å². The number of rotatable bonds is 7. The minimum atomic E-state index is 0.0998. The third-order valence-corrected chi connectivity index (χ3v) is 3.13. The number of aliphatic hydroxyl groups excluding tert-OH is 1. The predicted molar refractivity (Wildman–Crippen MR) is 64.2 cm³/mol. The van der Waals surface area contributed by atoms with Crippen molar-refractivity contribution in [1.82, 2.24) is 10.6 Å². The Morgan fingerprint density at radius 3 is 2.75 bits per heavy atom. The molecular formula is C12H24N2O2. The van der Waals surface area contributed by atoms with Crippen molar-refractivity contribution in [2.75, 3.05) is 13.2 Å². The molecule has 0 aromatic carbocycles. The topological polar surface area (TPSA) is 61.4 Å². The Balaban J connectivity index is 2.04. The third kappa shape index (κ3) is 5.47. The summed E-state index contributed by atoms with van der Waals surface area (Å²) in [5.41, 5.74) is 0. The molecule has 4 nitrogen and oxygen atoms in total. The van der Waals surface area contributed by atoms with E-state index in [1.165, 1.54) is 12.8 Å². The van der Waals surface area contributed by atoms with Crippen molar-refractivity contribution >= 4 is 5.91 Å². The largest absolute Gasteiger partial charge is 0.396 e. The maximum Gasteiger partial charge on any atom is 0.234 e. The van der Waals surface area contributed by atoms with Gasteiger partial charge in [0.2, 0.25) is 5.91 Å². The van der Waals surface area contributed by atoms with Crippen LogP contribution in [0.3, 0.4) is 0 Å². The molecule has 1 saturated carbocycles. The van der Waals surface area contributed by atoms with Gasteiger partial charge in [0.1, 0.15) is 0 Å². The zero-order chi connectivity index (χ0) is 11.8. The van der Waals surface area contributed by atoms with E-state index in [4.69, 9.17) is 5.11 Å². The first-order valence-corrected chi connectivity index (χ1v) is 6.36. The Labute approximate surface area is 97.8 Å². The van der Waals surface area contributed by atoms with Gasteiger partial charge >= 0.3 is 0 Å². The molecule has 4 heteroatoms. The van der Waals surface area contributed by atoms with E-state index in [2.05, 4.69) is 10.6 Å². The Kier molecular flexibility index (Phi) is 6.42. The highest BCUT2D eigenvalue weighted by Crippen LogP contribution is 2.17. The normalized spacial score (nSPS) is 18.6. The molecule has 0 spiro atoms. The number of hydrogen-bond donors (Lipinski definition) is 3. The fourth-order valence-corrected chi connectivity index (χ4v) is 2.12. The van der Waals surface area contributed by atoms with Gasteiger partial charge in [-0.15, -0.1) is 0 Å². The molecule has 1 unspecified atom stereocenters. The highest BCUT2D eigenvalue weighted by Gasteiger charge is 2.16. The van der Waals surface area contributed by atoms with E-state index in [0.29, 0.717) is 18.6 Å². The second kappa shape index (κ2) is 7.63. The lowest BCUT2D eigenvalue weighted by Gasteiger charge is -2.15. The van der Waals surface area contributed by atoms with Crippen LogP contribution in [0.25, 0.3) is 0 Å². The van der Waals surface area contributed by atoms with E-state index < -0.39 is 0 Å². The summed E-state index contributed by atoms with van der Waals surface area (Å²) in [6.45, 7) is 2.65. The lowest BCUT2D eigenvalue weighted by Crippen LogP contribution is -2.41. The minimum absolute atomic E-state index is 0.0998. The van der Waals surface area contributed by atoms with Gasteiger partial charge in [-0.2, -0.15) is 0 Å². The fourth-order valence-electron chi connectivity index (χ4n) is 2.12. The van der Waals surface area contributed by atoms with E-state index in [1.54, 1.807) is 0 Å². The molecule has 3 N–H and O–H groups in total. The van der Waals surface area contributed by atoms with E-state index in [-0.39, 0.29) is 12.5 Å². The van der Waals surface area contributed by atoms with Crippen LogP contribution in [0.5, 0.6) is 0 Å². The molecule has 0 aromatic rings. The molecule has 0 saturated heterocycles. The summed E-state index contributed by atoms with van der Waals surface area (Å²) in [4.78, 5) is 11.6. The molecule has 1 amide bonds. The van der Waals surface area contributed by atoms with Crippen molar-refractivity contribution in [1.29, 1.82) is 0 Å². The van der Waals surface area contributed by atoms with Gasteiger partial charge in [-0.1, -0.05) is 12.8 Å². The number of aliphatic hydroxyl groups is 1. The average molecular weight is 228 g/mol. The van der Waals surface area contributed by atoms with Gasteiger partial charge in [-0.25, -0.2) is 0 Å². The molecule has 0 radical (unpaired) electrons. The summed E-state index contributed by atoms with van der Waals surface area (Å²) in [5, 5.41) is 14.9. The van der Waals surface area contributed by atoms with Crippen LogP contribution >= 0.6 is 0 Å². The predicted octanol–water partition coefficient (Wildman–Crippen LogP) is 0.796. The molecule has 1 rings (SSSR count). The maximum atomic E-state index is 11.6. The Morgan fingerprint density at radius 1 is 1.44 bits per heavy atom. The van der Waals surface area contributed by atoms with Gasteiger partial charge in [0.25, 0.3) is 0 Å². The Morgan fingerprint density at radius 2 is 2.12 bits per heavy atom. The quantitative estimate of drug-likeness (QED) is 0.604. The first-order chi connectivity index (χ1) is 7.72. The van der Waals surface area contributed by atoms with Crippen LogP contribution in [0.2, 0.25) is 0 Å². The van der Waals surface area contributed by atoms with Crippen LogP contribution in [-0.4, -0.2) is 36.2 Å². The Bertz CT molecular complexity index is 203. The van der Waals surface area contributed by atoms with Crippen molar-refractivity contribution in [2.24, 2.45) is 0 Å². The van der Waals surface area contributed by atoms with E-state index in [1.807, 2.05) is 6.92 Å². The fraction of sp³-hybridized carbons (Fsp3) is 0.917. The minimum Gasteiger partial charge on any atom is -0.396 e. The lowest BCUT2D eigenvalue weighted by atomic mass is 10.2. The molecule has 0 aliphatic heterocycles. The standard InChI is InChI=1S/C12H24N2O2/c1-10(5-4-8-15)13-9-12(16)14-11-6-2-3-7-11/h10-11,13,15H,2-9H2,1H3,(H,14,16). The zero-order valence-electron chi connectivity index (χ0n) is 10.2. The van der Waals surface area contributed by atoms with Crippen LogP contribution in [0, 0.1) is 0 Å². The molecule has 1 atom stereocenters. The van der Waals surface area contributed by atoms with Gasteiger partial charge in [0, 0.05) is 18.7 Å². The van der Waals surface area contributed by atoms with E-state index in [9.17, 15) is 4.79 Å². The first-order valence-electron chi connectivity index (χ1n) is 6.36. The van der Waals surface area contributed by atoms with Crippen molar-refractivity contribution in [3.63, 3.8) is 0 Å². The molecule has 0 heterocycles. The van der Waals surface area contributed by atoms with Gasteiger partial charge in [-0.3, -0.25) is 4.79 Å². The van der Waals surface area contributed by atoms with Crippen LogP contribution in [0.15, 0.2) is 0 Å². The van der Waals surface area contributed by atoms with Crippen molar-refractivity contribution in [3.05, 3.63) is 0 Å². The first kappa shape index (κ1) is 13.5. The summed E-state index contributed by atoms with van der Waals surface area (Å²) in [6.07, 6.45) is 6.44. The molecule has 1 aliphatic carbocycles. The number of hydrogen-bond acceptors (Lipinski definition) is 3. The molecule has 1 aliphatic rings. The SMILES string of the molecule is CC(CCCO)NCC(=O)NC1CCCC1. The average Bonchev–Trinajstić information content (AvgIpc) is 2.76. The summed E-state index contributed by atoms with van der Waals surface area (Å²) in [6, 6.07) is 0.698. The molecule has 1 fully saturated rings. The van der Waals surface area contributed by atoms with Gasteiger partial charge in [-0.05, 0) is 32.6 Å². The summed E-state index contributed by atoms with van der Waals surface area (Å²) in [7, 11) is 0. The van der Waals surface area contributed by atoms with Crippen LogP contribution in [-0.2, 0) is 4.79 Å². The summed E-state index contributed by atoms with van der Waals surface area (Å²) >= 11 is 0. The molecule has 0 bridgehead atoms. The van der Waals surface area contributed by atoms with Crippen LogP contribution < -0.4 is 10.6 Å². The van der Waals surface area contributed by atoms with Crippen LogP contribution in [0.4, 0.5) is 0 Å². The second-order valence-corrected chi connectivity index (χ2v) is 4.70. The number of carbonyl (C=O) groups excluding carboxylic acids is 1. The van der Waals surface area contributed by atoms with Crippen molar-refractivity contribution in [3.8, 4) is 0 Å². The molecule has 0 aromatic heterocycles. The second-order valence-electron chi connectivity index (χ2n) is 4.70. The van der Waals surface area contributed by atoms with Gasteiger partial charge < -0.3 is 15.7 Å². The third-order valence-electron chi connectivity index (χ3n) is 3.13. The van der Waals surface area contributed by atoms with Crippen molar-refractivity contribution < 1.29 is 9.90 Å². The van der Waals surface area contributed by atoms with Gasteiger partial charge in [0.05, 0.1) is 6.54 Å². The summed E-state index contributed by atoms with van der Waals surface area (Å²) in [5.74, 6) is 0.0998. The smallest absolute Gasteiger partial charge is 0.234 e. The van der Waals surface area contributed by atoms with Crippen molar-refractivity contribution in [2.45, 2.75) is 57.5 Å². The number of carbonyl (C=O) groups is 1. The molecule has 16 heavy (non-hydrogen) atoms. The zero-order valence-corrected chi connectivity index (χ0v) is 10.2. The van der Waals surface area contributed by atoms with E-state index >= 15 is 0 Å². The van der Waals surface area contributed by atoms with Crippen LogP contribution in [0.1, 0.15) is 45.4 Å². The maximum absolute atomic E-state index is 11.6. The summed E-state index contributed by atoms with van der Waals surface area (Å²) < 4.78 is 0.